The van der Waals surface area contributed by atoms with Gasteiger partial charge in [0.2, 0.25) is 0 Å². The summed E-state index contributed by atoms with van der Waals surface area (Å²) in [5, 5.41) is 0.736. The zero-order chi connectivity index (χ0) is 14.9. The van der Waals surface area contributed by atoms with E-state index in [2.05, 4.69) is 15.9 Å². The minimum Gasteiger partial charge on any atom is -0.457 e. The van der Waals surface area contributed by atoms with E-state index >= 15 is 0 Å². The van der Waals surface area contributed by atoms with E-state index in [-0.39, 0.29) is 5.78 Å². The molecule has 0 amide bonds. The Morgan fingerprint density at radius 2 is 1.75 bits per heavy atom. The van der Waals surface area contributed by atoms with Crippen molar-refractivity contribution in [1.82, 2.24) is 0 Å². The van der Waals surface area contributed by atoms with Crippen LogP contribution in [-0.2, 0) is 0 Å². The Morgan fingerprint density at radius 1 is 1.15 bits per heavy atom. The Morgan fingerprint density at radius 3 is 2.30 bits per heavy atom. The van der Waals surface area contributed by atoms with Crippen molar-refractivity contribution in [3.63, 3.8) is 0 Å². The molecule has 0 heterocycles. The molecule has 0 radical (unpaired) electrons. The molecule has 2 nitrogen and oxygen atoms in total. The molecule has 0 aliphatic rings. The normalized spacial score (nSPS) is 10.4. The number of benzene rings is 2. The van der Waals surface area contributed by atoms with Gasteiger partial charge < -0.3 is 4.74 Å². The van der Waals surface area contributed by atoms with Gasteiger partial charge in [0.15, 0.2) is 5.78 Å². The first-order chi connectivity index (χ1) is 9.38. The third-order valence-corrected chi connectivity index (χ3v) is 4.05. The Kier molecular flexibility index (Phi) is 4.51. The number of ether oxygens (including phenoxy) is 1. The maximum atomic E-state index is 11.7. The largest absolute Gasteiger partial charge is 0.457 e. The van der Waals surface area contributed by atoms with Crippen molar-refractivity contribution in [3.8, 4) is 11.5 Å². The van der Waals surface area contributed by atoms with E-state index in [4.69, 9.17) is 16.3 Å². The zero-order valence-electron chi connectivity index (χ0n) is 11.5. The highest BCUT2D eigenvalue weighted by Gasteiger charge is 2.11. The van der Waals surface area contributed by atoms with Crippen LogP contribution in [0.1, 0.15) is 28.4 Å². The first kappa shape index (κ1) is 15.1. The van der Waals surface area contributed by atoms with Crippen LogP contribution in [0.2, 0.25) is 5.02 Å². The average molecular weight is 354 g/mol. The lowest BCUT2D eigenvalue weighted by Gasteiger charge is -2.12. The molecular weight excluding hydrogens is 340 g/mol. The third-order valence-electron chi connectivity index (χ3n) is 2.96. The number of Topliss-reactive ketones (excluding diaryl/α,β-unsaturated/α-hetero) is 1. The summed E-state index contributed by atoms with van der Waals surface area (Å²) >= 11 is 9.50. The van der Waals surface area contributed by atoms with Crippen molar-refractivity contribution >= 4 is 33.3 Å². The lowest BCUT2D eigenvalue weighted by Crippen LogP contribution is -1.97. The minimum atomic E-state index is -0.0382. The lowest BCUT2D eigenvalue weighted by molar-refractivity contribution is 0.101. The lowest BCUT2D eigenvalue weighted by atomic mass is 10.1. The first-order valence-corrected chi connectivity index (χ1v) is 7.30. The summed E-state index contributed by atoms with van der Waals surface area (Å²) < 4.78 is 6.69. The van der Waals surface area contributed by atoms with Gasteiger partial charge in [0, 0.05) is 9.50 Å². The van der Waals surface area contributed by atoms with Crippen LogP contribution in [0.25, 0.3) is 0 Å². The number of hydrogen-bond acceptors (Lipinski definition) is 2. The molecule has 0 unspecified atom stereocenters. The molecular formula is C16H14BrClO2. The van der Waals surface area contributed by atoms with Crippen LogP contribution in [0.3, 0.4) is 0 Å². The number of carbonyl (C=O) groups is 1. The molecule has 104 valence electrons. The van der Waals surface area contributed by atoms with Gasteiger partial charge >= 0.3 is 0 Å². The quantitative estimate of drug-likeness (QED) is 0.660. The Balaban J connectivity index is 2.42. The first-order valence-electron chi connectivity index (χ1n) is 6.13. The molecule has 0 fully saturated rings. The van der Waals surface area contributed by atoms with E-state index in [1.165, 1.54) is 6.92 Å². The summed E-state index contributed by atoms with van der Waals surface area (Å²) in [4.78, 5) is 11.7. The van der Waals surface area contributed by atoms with E-state index in [0.29, 0.717) is 17.1 Å². The van der Waals surface area contributed by atoms with Gasteiger partial charge in [0.1, 0.15) is 11.5 Å². The van der Waals surface area contributed by atoms with Crippen LogP contribution in [0.15, 0.2) is 34.8 Å². The number of rotatable bonds is 3. The Labute approximate surface area is 131 Å². The van der Waals surface area contributed by atoms with Crippen LogP contribution >= 0.6 is 27.5 Å². The minimum absolute atomic E-state index is 0.0382. The van der Waals surface area contributed by atoms with Crippen molar-refractivity contribution in [2.24, 2.45) is 0 Å². The second-order valence-corrected chi connectivity index (χ2v) is 5.96. The van der Waals surface area contributed by atoms with Crippen LogP contribution in [0.4, 0.5) is 0 Å². The fraction of sp³-hybridized carbons (Fsp3) is 0.188. The second kappa shape index (κ2) is 5.98. The fourth-order valence-electron chi connectivity index (χ4n) is 1.96. The molecule has 2 aromatic rings. The maximum absolute atomic E-state index is 11.7. The summed E-state index contributed by atoms with van der Waals surface area (Å²) in [6.45, 7) is 5.37. The van der Waals surface area contributed by atoms with Gasteiger partial charge in [0.05, 0.1) is 5.56 Å². The number of hydrogen-bond donors (Lipinski definition) is 0. The van der Waals surface area contributed by atoms with Gasteiger partial charge in [0.25, 0.3) is 0 Å². The van der Waals surface area contributed by atoms with Gasteiger partial charge in [-0.15, -0.1) is 0 Å². The zero-order valence-corrected chi connectivity index (χ0v) is 13.8. The molecule has 2 aromatic carbocycles. The van der Waals surface area contributed by atoms with Crippen molar-refractivity contribution < 1.29 is 9.53 Å². The van der Waals surface area contributed by atoms with Crippen LogP contribution in [0.5, 0.6) is 11.5 Å². The summed E-state index contributed by atoms with van der Waals surface area (Å²) in [5.41, 5.74) is 2.44. The van der Waals surface area contributed by atoms with Gasteiger partial charge in [-0.05, 0) is 62.2 Å². The molecule has 4 heteroatoms. The highest BCUT2D eigenvalue weighted by Crippen LogP contribution is 2.32. The highest BCUT2D eigenvalue weighted by molar-refractivity contribution is 9.10. The van der Waals surface area contributed by atoms with E-state index in [1.807, 2.05) is 32.0 Å². The average Bonchev–Trinajstić information content (AvgIpc) is 2.37. The molecule has 20 heavy (non-hydrogen) atoms. The molecule has 0 aromatic heterocycles. The molecule has 0 spiro atoms. The number of carbonyl (C=O) groups excluding carboxylic acids is 1. The summed E-state index contributed by atoms with van der Waals surface area (Å²) in [6, 6.07) is 9.10. The topological polar surface area (TPSA) is 26.3 Å². The van der Waals surface area contributed by atoms with Crippen molar-refractivity contribution in [2.45, 2.75) is 20.8 Å². The van der Waals surface area contributed by atoms with Crippen LogP contribution in [0, 0.1) is 13.8 Å². The Bertz CT molecular complexity index is 657. The van der Waals surface area contributed by atoms with Gasteiger partial charge in [-0.2, -0.15) is 0 Å². The molecule has 0 aliphatic heterocycles. The highest BCUT2D eigenvalue weighted by atomic mass is 79.9. The van der Waals surface area contributed by atoms with Crippen LogP contribution in [-0.4, -0.2) is 5.78 Å². The van der Waals surface area contributed by atoms with Crippen molar-refractivity contribution in [2.75, 3.05) is 0 Å². The summed E-state index contributed by atoms with van der Waals surface area (Å²) in [7, 11) is 0. The van der Waals surface area contributed by atoms with Gasteiger partial charge in [-0.3, -0.25) is 4.79 Å². The SMILES string of the molecule is CC(=O)c1cc(Br)ccc1Oc1cc(C)c(Cl)c(C)c1. The van der Waals surface area contributed by atoms with Crippen LogP contribution < -0.4 is 4.74 Å². The predicted octanol–water partition coefficient (Wildman–Crippen LogP) is 5.71. The maximum Gasteiger partial charge on any atom is 0.163 e. The van der Waals surface area contributed by atoms with E-state index in [0.717, 1.165) is 20.6 Å². The van der Waals surface area contributed by atoms with E-state index in [1.54, 1.807) is 12.1 Å². The standard InChI is InChI=1S/C16H14BrClO2/c1-9-6-13(7-10(2)16(9)18)20-15-5-4-12(17)8-14(15)11(3)19/h4-8H,1-3H3. The summed E-state index contributed by atoms with van der Waals surface area (Å²) in [5.74, 6) is 1.18. The third kappa shape index (κ3) is 3.22. The van der Waals surface area contributed by atoms with E-state index in [9.17, 15) is 4.79 Å². The van der Waals surface area contributed by atoms with Crippen molar-refractivity contribution in [3.05, 3.63) is 56.5 Å². The second-order valence-electron chi connectivity index (χ2n) is 4.67. The molecule has 0 aliphatic carbocycles. The molecule has 2 rings (SSSR count). The number of ketones is 1. The molecule has 0 atom stereocenters. The van der Waals surface area contributed by atoms with Gasteiger partial charge in [-0.1, -0.05) is 27.5 Å². The monoisotopic (exact) mass is 352 g/mol. The molecule has 0 saturated carbocycles. The van der Waals surface area contributed by atoms with Crippen molar-refractivity contribution in [1.29, 1.82) is 0 Å². The van der Waals surface area contributed by atoms with Gasteiger partial charge in [-0.25, -0.2) is 0 Å². The molecule has 0 N–H and O–H groups in total. The number of aryl methyl sites for hydroxylation is 2. The summed E-state index contributed by atoms with van der Waals surface area (Å²) in [6.07, 6.45) is 0. The number of halogens is 2. The predicted molar refractivity (Wildman–Crippen MR) is 85.1 cm³/mol. The van der Waals surface area contributed by atoms with E-state index < -0.39 is 0 Å². The molecule has 0 saturated heterocycles. The fourth-order valence-corrected chi connectivity index (χ4v) is 2.43. The Hall–Kier alpha value is -1.32. The molecule has 0 bridgehead atoms. The smallest absolute Gasteiger partial charge is 0.163 e.